The van der Waals surface area contributed by atoms with E-state index in [0.29, 0.717) is 23.7 Å². The van der Waals surface area contributed by atoms with E-state index in [2.05, 4.69) is 15.6 Å². The Kier molecular flexibility index (Phi) is 5.88. The van der Waals surface area contributed by atoms with E-state index in [0.717, 1.165) is 11.4 Å². The molecule has 0 saturated heterocycles. The van der Waals surface area contributed by atoms with E-state index in [4.69, 9.17) is 16.3 Å². The molecule has 0 fully saturated rings. The minimum atomic E-state index is -0.543. The molecule has 0 aliphatic carbocycles. The van der Waals surface area contributed by atoms with Crippen molar-refractivity contribution in [3.8, 4) is 5.75 Å². The van der Waals surface area contributed by atoms with Crippen molar-refractivity contribution in [3.05, 3.63) is 77.2 Å². The molecule has 3 rings (SSSR count). The van der Waals surface area contributed by atoms with Gasteiger partial charge in [-0.25, -0.2) is 9.37 Å². The van der Waals surface area contributed by atoms with Gasteiger partial charge in [0.05, 0.1) is 22.9 Å². The number of amides is 1. The van der Waals surface area contributed by atoms with Crippen LogP contribution in [0.15, 0.2) is 60.8 Å². The van der Waals surface area contributed by atoms with E-state index in [-0.39, 0.29) is 10.9 Å². The number of carbonyl (C=O) groups excluding carboxylic acids is 1. The van der Waals surface area contributed by atoms with Gasteiger partial charge in [-0.3, -0.25) is 4.79 Å². The molecule has 0 saturated carbocycles. The van der Waals surface area contributed by atoms with Crippen LogP contribution < -0.4 is 15.4 Å². The summed E-state index contributed by atoms with van der Waals surface area (Å²) in [5.41, 5.74) is 1.54. The van der Waals surface area contributed by atoms with E-state index in [1.54, 1.807) is 12.1 Å². The van der Waals surface area contributed by atoms with Gasteiger partial charge in [0, 0.05) is 11.9 Å². The van der Waals surface area contributed by atoms with Crippen molar-refractivity contribution >= 4 is 34.7 Å². The minimum Gasteiger partial charge on any atom is -0.492 e. The highest BCUT2D eigenvalue weighted by Gasteiger charge is 2.09. The summed E-state index contributed by atoms with van der Waals surface area (Å²) in [7, 11) is 0. The smallest absolute Gasteiger partial charge is 0.257 e. The molecule has 0 unspecified atom stereocenters. The Morgan fingerprint density at radius 1 is 1.19 bits per heavy atom. The summed E-state index contributed by atoms with van der Waals surface area (Å²) in [5, 5.41) is 5.75. The van der Waals surface area contributed by atoms with Gasteiger partial charge < -0.3 is 15.4 Å². The van der Waals surface area contributed by atoms with Crippen LogP contribution in [0.3, 0.4) is 0 Å². The molecule has 0 atom stereocenters. The van der Waals surface area contributed by atoms with Crippen molar-refractivity contribution in [2.75, 3.05) is 17.2 Å². The lowest BCUT2D eigenvalue weighted by Crippen LogP contribution is -2.12. The molecule has 1 heterocycles. The fourth-order valence-electron chi connectivity index (χ4n) is 2.37. The third-order valence-electron chi connectivity index (χ3n) is 3.65. The lowest BCUT2D eigenvalue weighted by atomic mass is 10.2. The Bertz CT molecular complexity index is 948. The number of para-hydroxylation sites is 2. The number of rotatable bonds is 6. The summed E-state index contributed by atoms with van der Waals surface area (Å²) in [4.78, 5) is 16.5. The van der Waals surface area contributed by atoms with Gasteiger partial charge in [0.15, 0.2) is 0 Å². The quantitative estimate of drug-likeness (QED) is 0.606. The van der Waals surface area contributed by atoms with E-state index in [1.807, 2.05) is 31.2 Å². The molecule has 0 aliphatic heterocycles. The summed E-state index contributed by atoms with van der Waals surface area (Å²) in [6.07, 6.45) is 1.45. The third kappa shape index (κ3) is 4.74. The van der Waals surface area contributed by atoms with Gasteiger partial charge in [-0.1, -0.05) is 23.7 Å². The summed E-state index contributed by atoms with van der Waals surface area (Å²) in [6, 6.07) is 14.8. The number of nitrogens with one attached hydrogen (secondary N) is 2. The molecule has 0 bridgehead atoms. The van der Waals surface area contributed by atoms with Crippen LogP contribution in [0.4, 0.5) is 21.6 Å². The van der Waals surface area contributed by atoms with E-state index in [1.165, 1.54) is 24.4 Å². The Hall–Kier alpha value is -3.12. The fraction of sp³-hybridized carbons (Fsp3) is 0.100. The summed E-state index contributed by atoms with van der Waals surface area (Å²) in [5.74, 6) is 0.380. The molecule has 5 nitrogen and oxygen atoms in total. The van der Waals surface area contributed by atoms with Crippen LogP contribution in [0.2, 0.25) is 5.02 Å². The summed E-state index contributed by atoms with van der Waals surface area (Å²) < 4.78 is 18.8. The molecule has 2 aromatic carbocycles. The van der Waals surface area contributed by atoms with Gasteiger partial charge in [-0.05, 0) is 49.4 Å². The second-order valence-corrected chi connectivity index (χ2v) is 5.98. The van der Waals surface area contributed by atoms with Crippen LogP contribution in [-0.4, -0.2) is 17.5 Å². The van der Waals surface area contributed by atoms with Crippen molar-refractivity contribution in [1.29, 1.82) is 0 Å². The first-order valence-corrected chi connectivity index (χ1v) is 8.66. The van der Waals surface area contributed by atoms with E-state index >= 15 is 0 Å². The zero-order valence-corrected chi connectivity index (χ0v) is 15.3. The second kappa shape index (κ2) is 8.51. The molecule has 1 aromatic heterocycles. The molecule has 7 heteroatoms. The summed E-state index contributed by atoms with van der Waals surface area (Å²) in [6.45, 7) is 2.47. The standard InChI is InChI=1S/C20H17ClFN3O2/c1-2-27-18-6-4-3-5-17(18)25-19-10-7-13(12-23-19)20(26)24-14-8-9-16(22)15(21)11-14/h3-12H,2H2,1H3,(H,23,25)(H,24,26). The van der Waals surface area contributed by atoms with Crippen molar-refractivity contribution in [3.63, 3.8) is 0 Å². The van der Waals surface area contributed by atoms with Gasteiger partial charge >= 0.3 is 0 Å². The van der Waals surface area contributed by atoms with Crippen molar-refractivity contribution in [2.45, 2.75) is 6.92 Å². The Morgan fingerprint density at radius 2 is 2.00 bits per heavy atom. The zero-order chi connectivity index (χ0) is 19.2. The topological polar surface area (TPSA) is 63.2 Å². The van der Waals surface area contributed by atoms with Crippen molar-refractivity contribution < 1.29 is 13.9 Å². The van der Waals surface area contributed by atoms with Crippen molar-refractivity contribution in [1.82, 2.24) is 4.98 Å². The molecular formula is C20H17ClFN3O2. The number of hydrogen-bond donors (Lipinski definition) is 2. The highest BCUT2D eigenvalue weighted by molar-refractivity contribution is 6.31. The predicted molar refractivity (Wildman–Crippen MR) is 104 cm³/mol. The predicted octanol–water partition coefficient (Wildman–Crippen LogP) is 5.27. The van der Waals surface area contributed by atoms with Crippen LogP contribution in [0.5, 0.6) is 5.75 Å². The molecule has 138 valence electrons. The van der Waals surface area contributed by atoms with Crippen LogP contribution in [0.1, 0.15) is 17.3 Å². The number of carbonyl (C=O) groups is 1. The van der Waals surface area contributed by atoms with Gasteiger partial charge in [-0.2, -0.15) is 0 Å². The van der Waals surface area contributed by atoms with Gasteiger partial charge in [0.2, 0.25) is 0 Å². The number of benzene rings is 2. The highest BCUT2D eigenvalue weighted by Crippen LogP contribution is 2.26. The molecular weight excluding hydrogens is 369 g/mol. The first-order valence-electron chi connectivity index (χ1n) is 8.28. The van der Waals surface area contributed by atoms with Gasteiger partial charge in [-0.15, -0.1) is 0 Å². The van der Waals surface area contributed by atoms with Gasteiger partial charge in [0.25, 0.3) is 5.91 Å². The van der Waals surface area contributed by atoms with E-state index < -0.39 is 5.82 Å². The average Bonchev–Trinajstić information content (AvgIpc) is 2.67. The maximum absolute atomic E-state index is 13.2. The fourth-order valence-corrected chi connectivity index (χ4v) is 2.55. The van der Waals surface area contributed by atoms with Crippen LogP contribution in [-0.2, 0) is 0 Å². The number of aromatic nitrogens is 1. The number of nitrogens with zero attached hydrogens (tertiary/aromatic N) is 1. The van der Waals surface area contributed by atoms with Crippen LogP contribution in [0.25, 0.3) is 0 Å². The molecule has 1 amide bonds. The number of anilines is 3. The molecule has 0 spiro atoms. The zero-order valence-electron chi connectivity index (χ0n) is 14.5. The molecule has 3 aromatic rings. The monoisotopic (exact) mass is 385 g/mol. The molecule has 0 radical (unpaired) electrons. The number of hydrogen-bond acceptors (Lipinski definition) is 4. The molecule has 2 N–H and O–H groups in total. The Labute approximate surface area is 161 Å². The normalized spacial score (nSPS) is 10.3. The SMILES string of the molecule is CCOc1ccccc1Nc1ccc(C(=O)Nc2ccc(F)c(Cl)c2)cn1. The van der Waals surface area contributed by atoms with Gasteiger partial charge in [0.1, 0.15) is 17.4 Å². The van der Waals surface area contributed by atoms with Crippen molar-refractivity contribution in [2.24, 2.45) is 0 Å². The molecule has 27 heavy (non-hydrogen) atoms. The van der Waals surface area contributed by atoms with Crippen LogP contribution in [0, 0.1) is 5.82 Å². The average molecular weight is 386 g/mol. The number of halogens is 2. The highest BCUT2D eigenvalue weighted by atomic mass is 35.5. The molecule has 0 aliphatic rings. The number of pyridine rings is 1. The third-order valence-corrected chi connectivity index (χ3v) is 3.94. The van der Waals surface area contributed by atoms with Crippen LogP contribution >= 0.6 is 11.6 Å². The number of ether oxygens (including phenoxy) is 1. The first kappa shape index (κ1) is 18.7. The summed E-state index contributed by atoms with van der Waals surface area (Å²) >= 11 is 5.72. The maximum atomic E-state index is 13.2. The maximum Gasteiger partial charge on any atom is 0.257 e. The minimum absolute atomic E-state index is 0.0570. The first-order chi connectivity index (χ1) is 13.1. The Balaban J connectivity index is 1.69. The lowest BCUT2D eigenvalue weighted by Gasteiger charge is -2.12. The largest absolute Gasteiger partial charge is 0.492 e. The van der Waals surface area contributed by atoms with E-state index in [9.17, 15) is 9.18 Å². The lowest BCUT2D eigenvalue weighted by molar-refractivity contribution is 0.102. The Morgan fingerprint density at radius 3 is 2.70 bits per heavy atom. The second-order valence-electron chi connectivity index (χ2n) is 5.57.